The number of sulfonamides is 1. The highest BCUT2D eigenvalue weighted by Crippen LogP contribution is 2.30. The van der Waals surface area contributed by atoms with Crippen LogP contribution in [0, 0.1) is 0 Å². The lowest BCUT2D eigenvalue weighted by molar-refractivity contribution is -0.121. The monoisotopic (exact) mass is 477 g/mol. The SMILES string of the molecule is CCOc1ccc(S(=O)(=O)N(CC)CC)cc1NC(=O)C1CCCCN1C(=O)c1ccco1. The van der Waals surface area contributed by atoms with E-state index in [2.05, 4.69) is 5.32 Å². The van der Waals surface area contributed by atoms with Gasteiger partial charge in [0.25, 0.3) is 5.91 Å². The maximum atomic E-state index is 13.3. The first-order valence-corrected chi connectivity index (χ1v) is 12.7. The summed E-state index contributed by atoms with van der Waals surface area (Å²) in [4.78, 5) is 27.7. The molecule has 2 aromatic rings. The quantitative estimate of drug-likeness (QED) is 0.593. The molecule has 1 fully saturated rings. The van der Waals surface area contributed by atoms with Crippen molar-refractivity contribution in [1.29, 1.82) is 0 Å². The molecule has 3 rings (SSSR count). The molecule has 1 saturated heterocycles. The molecule has 9 nitrogen and oxygen atoms in total. The number of furan rings is 1. The van der Waals surface area contributed by atoms with Crippen molar-refractivity contribution in [2.45, 2.75) is 51.0 Å². The summed E-state index contributed by atoms with van der Waals surface area (Å²) in [6.45, 7) is 6.79. The molecule has 0 aliphatic carbocycles. The molecular formula is C23H31N3O6S. The van der Waals surface area contributed by atoms with E-state index >= 15 is 0 Å². The molecule has 2 amide bonds. The van der Waals surface area contributed by atoms with Crippen molar-refractivity contribution in [3.63, 3.8) is 0 Å². The molecule has 33 heavy (non-hydrogen) atoms. The van der Waals surface area contributed by atoms with Crippen LogP contribution in [-0.2, 0) is 14.8 Å². The van der Waals surface area contributed by atoms with E-state index in [4.69, 9.17) is 9.15 Å². The Morgan fingerprint density at radius 3 is 2.58 bits per heavy atom. The molecule has 1 aromatic heterocycles. The van der Waals surface area contributed by atoms with E-state index in [-0.39, 0.29) is 22.3 Å². The number of likely N-dealkylation sites (tertiary alicyclic amines) is 1. The molecule has 0 bridgehead atoms. The molecular weight excluding hydrogens is 446 g/mol. The van der Waals surface area contributed by atoms with Crippen LogP contribution in [0.4, 0.5) is 5.69 Å². The molecule has 2 heterocycles. The van der Waals surface area contributed by atoms with Crippen molar-refractivity contribution in [3.05, 3.63) is 42.4 Å². The van der Waals surface area contributed by atoms with E-state index in [9.17, 15) is 18.0 Å². The third-order valence-electron chi connectivity index (χ3n) is 5.65. The number of carbonyl (C=O) groups is 2. The molecule has 1 unspecified atom stereocenters. The van der Waals surface area contributed by atoms with Crippen LogP contribution in [-0.4, -0.2) is 61.7 Å². The number of anilines is 1. The number of benzene rings is 1. The van der Waals surface area contributed by atoms with Crippen molar-refractivity contribution in [2.75, 3.05) is 31.6 Å². The number of hydrogen-bond donors (Lipinski definition) is 1. The maximum absolute atomic E-state index is 13.3. The van der Waals surface area contributed by atoms with Crippen molar-refractivity contribution in [3.8, 4) is 5.75 Å². The van der Waals surface area contributed by atoms with Gasteiger partial charge < -0.3 is 19.4 Å². The zero-order valence-corrected chi connectivity index (χ0v) is 20.1. The summed E-state index contributed by atoms with van der Waals surface area (Å²) in [6, 6.07) is 6.93. The predicted molar refractivity (Wildman–Crippen MR) is 124 cm³/mol. The number of amides is 2. The van der Waals surface area contributed by atoms with E-state index in [1.807, 2.05) is 0 Å². The Bertz CT molecular complexity index is 1060. The van der Waals surface area contributed by atoms with Crippen LogP contribution in [0.25, 0.3) is 0 Å². The van der Waals surface area contributed by atoms with Crippen LogP contribution >= 0.6 is 0 Å². The fourth-order valence-corrected chi connectivity index (χ4v) is 5.45. The molecule has 1 N–H and O–H groups in total. The number of nitrogens with one attached hydrogen (secondary N) is 1. The Hall–Kier alpha value is -2.85. The first kappa shape index (κ1) is 24.8. The predicted octanol–water partition coefficient (Wildman–Crippen LogP) is 3.34. The lowest BCUT2D eigenvalue weighted by Crippen LogP contribution is -2.50. The average Bonchev–Trinajstić information content (AvgIpc) is 3.35. The molecule has 0 saturated carbocycles. The summed E-state index contributed by atoms with van der Waals surface area (Å²) in [5, 5.41) is 2.81. The van der Waals surface area contributed by atoms with E-state index in [0.717, 1.165) is 12.8 Å². The molecule has 1 atom stereocenters. The third kappa shape index (κ3) is 5.39. The summed E-state index contributed by atoms with van der Waals surface area (Å²) in [6.07, 6.45) is 3.51. The topological polar surface area (TPSA) is 109 Å². The van der Waals surface area contributed by atoms with Gasteiger partial charge in [-0.05, 0) is 56.5 Å². The number of rotatable bonds is 9. The van der Waals surface area contributed by atoms with Crippen molar-refractivity contribution in [1.82, 2.24) is 9.21 Å². The van der Waals surface area contributed by atoms with Gasteiger partial charge in [0.15, 0.2) is 5.76 Å². The highest BCUT2D eigenvalue weighted by Gasteiger charge is 2.34. The third-order valence-corrected chi connectivity index (χ3v) is 7.70. The first-order chi connectivity index (χ1) is 15.8. The highest BCUT2D eigenvalue weighted by molar-refractivity contribution is 7.89. The fraction of sp³-hybridized carbons (Fsp3) is 0.478. The molecule has 0 spiro atoms. The molecule has 10 heteroatoms. The lowest BCUT2D eigenvalue weighted by Gasteiger charge is -2.34. The van der Waals surface area contributed by atoms with E-state index in [1.165, 1.54) is 27.6 Å². The Kier molecular flexibility index (Phi) is 8.15. The van der Waals surface area contributed by atoms with Crippen LogP contribution in [0.3, 0.4) is 0 Å². The summed E-state index contributed by atoms with van der Waals surface area (Å²) < 4.78 is 38.2. The summed E-state index contributed by atoms with van der Waals surface area (Å²) in [7, 11) is -3.72. The van der Waals surface area contributed by atoms with Gasteiger partial charge >= 0.3 is 0 Å². The van der Waals surface area contributed by atoms with Gasteiger partial charge in [-0.3, -0.25) is 9.59 Å². The Morgan fingerprint density at radius 2 is 1.94 bits per heavy atom. The minimum absolute atomic E-state index is 0.0668. The van der Waals surface area contributed by atoms with Gasteiger partial charge in [0.05, 0.1) is 23.5 Å². The van der Waals surface area contributed by atoms with Crippen LogP contribution in [0.15, 0.2) is 45.9 Å². The molecule has 1 aliphatic heterocycles. The fourth-order valence-electron chi connectivity index (χ4n) is 3.97. The van der Waals surface area contributed by atoms with Crippen LogP contribution in [0.2, 0.25) is 0 Å². The van der Waals surface area contributed by atoms with Crippen molar-refractivity contribution in [2.24, 2.45) is 0 Å². The van der Waals surface area contributed by atoms with Gasteiger partial charge in [0.2, 0.25) is 15.9 Å². The van der Waals surface area contributed by atoms with E-state index in [1.54, 1.807) is 39.0 Å². The van der Waals surface area contributed by atoms with Crippen LogP contribution in [0.1, 0.15) is 50.6 Å². The zero-order chi connectivity index (χ0) is 24.0. The minimum Gasteiger partial charge on any atom is -0.492 e. The van der Waals surface area contributed by atoms with Gasteiger partial charge in [-0.25, -0.2) is 8.42 Å². The normalized spacial score (nSPS) is 16.6. The molecule has 1 aromatic carbocycles. The van der Waals surface area contributed by atoms with Gasteiger partial charge in [0, 0.05) is 19.6 Å². The number of piperidine rings is 1. The Balaban J connectivity index is 1.90. The lowest BCUT2D eigenvalue weighted by atomic mass is 10.0. The second-order valence-electron chi connectivity index (χ2n) is 7.66. The maximum Gasteiger partial charge on any atom is 0.290 e. The van der Waals surface area contributed by atoms with E-state index < -0.39 is 22.0 Å². The molecule has 1 aliphatic rings. The van der Waals surface area contributed by atoms with Crippen LogP contribution in [0.5, 0.6) is 5.75 Å². The average molecular weight is 478 g/mol. The highest BCUT2D eigenvalue weighted by atomic mass is 32.2. The number of ether oxygens (including phenoxy) is 1. The van der Waals surface area contributed by atoms with Gasteiger partial charge in [-0.1, -0.05) is 13.8 Å². The van der Waals surface area contributed by atoms with Crippen molar-refractivity contribution >= 4 is 27.5 Å². The minimum atomic E-state index is -3.72. The largest absolute Gasteiger partial charge is 0.492 e. The van der Waals surface area contributed by atoms with Crippen LogP contribution < -0.4 is 10.1 Å². The van der Waals surface area contributed by atoms with Crippen molar-refractivity contribution < 1.29 is 27.2 Å². The first-order valence-electron chi connectivity index (χ1n) is 11.3. The van der Waals surface area contributed by atoms with E-state index in [0.29, 0.717) is 38.4 Å². The summed E-state index contributed by atoms with van der Waals surface area (Å²) >= 11 is 0. The zero-order valence-electron chi connectivity index (χ0n) is 19.2. The second-order valence-corrected chi connectivity index (χ2v) is 9.59. The Labute approximate surface area is 194 Å². The summed E-state index contributed by atoms with van der Waals surface area (Å²) in [5.74, 6) is -0.197. The number of carbonyl (C=O) groups excluding carboxylic acids is 2. The smallest absolute Gasteiger partial charge is 0.290 e. The second kappa shape index (κ2) is 10.8. The number of nitrogens with zero attached hydrogens (tertiary/aromatic N) is 2. The molecule has 180 valence electrons. The van der Waals surface area contributed by atoms with Gasteiger partial charge in [-0.2, -0.15) is 4.31 Å². The van der Waals surface area contributed by atoms with Gasteiger partial charge in [0.1, 0.15) is 11.8 Å². The van der Waals surface area contributed by atoms with Gasteiger partial charge in [-0.15, -0.1) is 0 Å². The Morgan fingerprint density at radius 1 is 1.18 bits per heavy atom. The standard InChI is InChI=1S/C23H31N3O6S/c1-4-25(5-2)33(29,30)17-12-13-20(31-6-3)18(16-17)24-22(27)19-10-7-8-14-26(19)23(28)21-11-9-15-32-21/h9,11-13,15-16,19H,4-8,10,14H2,1-3H3,(H,24,27). The molecule has 0 radical (unpaired) electrons. The number of hydrogen-bond acceptors (Lipinski definition) is 6. The summed E-state index contributed by atoms with van der Waals surface area (Å²) in [5.41, 5.74) is 0.256.